The third-order valence-electron chi connectivity index (χ3n) is 7.49. The van der Waals surface area contributed by atoms with Crippen LogP contribution in [0.1, 0.15) is 58.3 Å². The van der Waals surface area contributed by atoms with E-state index in [9.17, 15) is 0 Å². The highest BCUT2D eigenvalue weighted by Gasteiger charge is 2.28. The van der Waals surface area contributed by atoms with Gasteiger partial charge < -0.3 is 10.3 Å². The lowest BCUT2D eigenvalue weighted by Crippen LogP contribution is -2.31. The normalized spacial score (nSPS) is 14.8. The molecule has 0 saturated heterocycles. The second-order valence-electron chi connectivity index (χ2n) is 10.3. The second kappa shape index (κ2) is 12.6. The third-order valence-corrected chi connectivity index (χ3v) is 7.49. The first-order valence-corrected chi connectivity index (χ1v) is 13.5. The molecule has 3 heterocycles. The van der Waals surface area contributed by atoms with Crippen LogP contribution in [0.3, 0.4) is 0 Å². The Morgan fingerprint density at radius 1 is 0.872 bits per heavy atom. The van der Waals surface area contributed by atoms with Crippen LogP contribution >= 0.6 is 17.0 Å². The summed E-state index contributed by atoms with van der Waals surface area (Å²) in [5, 5.41) is 3.50. The van der Waals surface area contributed by atoms with Gasteiger partial charge in [-0.2, -0.15) is 0 Å². The zero-order valence-electron chi connectivity index (χ0n) is 22.3. The molecule has 0 aliphatic heterocycles. The third kappa shape index (κ3) is 6.44. The molecule has 39 heavy (non-hydrogen) atoms. The van der Waals surface area contributed by atoms with E-state index in [-0.39, 0.29) is 23.0 Å². The van der Waals surface area contributed by atoms with Crippen molar-refractivity contribution in [2.75, 3.05) is 0 Å². The predicted octanol–water partition coefficient (Wildman–Crippen LogP) is 6.61. The number of rotatable bonds is 9. The fourth-order valence-corrected chi connectivity index (χ4v) is 5.55. The zero-order valence-corrected chi connectivity index (χ0v) is 24.0. The number of nitrogens with zero attached hydrogens (tertiary/aromatic N) is 4. The molecule has 200 valence electrons. The summed E-state index contributed by atoms with van der Waals surface area (Å²) in [5.74, 6) is 1.01. The molecule has 2 aromatic carbocycles. The molecule has 1 atom stereocenters. The smallest absolute Gasteiger partial charge is 0.121 e. The average molecular weight is 584 g/mol. The van der Waals surface area contributed by atoms with E-state index in [1.165, 1.54) is 34.4 Å². The molecule has 0 fully saturated rings. The van der Waals surface area contributed by atoms with Crippen molar-refractivity contribution in [2.45, 2.75) is 58.4 Å². The standard InChI is InChI=1S/C32H34N6.BrH/c1-23-7-4-11-28-31(23)37-30(36-28)22-38(29-12-5-8-26-9-6-18-35-32(26)29)21-25-15-13-24(14-16-25)19-33-20-27-10-2-3-17-34-27;/h2-4,6-7,9-11,13-18,29,33H,5,8,12,19-22H2,1H3,(H,36,37);1H. The SMILES string of the molecule is Br.Cc1cccc2[nH]c(CN(Cc3ccc(CNCc4ccccn4)cc3)C3CCCc4cccnc43)nc12. The van der Waals surface area contributed by atoms with E-state index in [1.54, 1.807) is 0 Å². The minimum Gasteiger partial charge on any atom is -0.341 e. The fourth-order valence-electron chi connectivity index (χ4n) is 5.55. The van der Waals surface area contributed by atoms with Crippen LogP contribution in [0.4, 0.5) is 0 Å². The lowest BCUT2D eigenvalue weighted by Gasteiger charge is -2.34. The summed E-state index contributed by atoms with van der Waals surface area (Å²) in [6.07, 6.45) is 7.17. The van der Waals surface area contributed by atoms with Gasteiger partial charge in [-0.3, -0.25) is 14.9 Å². The number of hydrogen-bond acceptors (Lipinski definition) is 5. The van der Waals surface area contributed by atoms with Crippen molar-refractivity contribution in [1.29, 1.82) is 0 Å². The highest BCUT2D eigenvalue weighted by atomic mass is 79.9. The summed E-state index contributed by atoms with van der Waals surface area (Å²) in [6.45, 7) is 5.31. The minimum absolute atomic E-state index is 0. The molecular weight excluding hydrogens is 548 g/mol. The largest absolute Gasteiger partial charge is 0.341 e. The summed E-state index contributed by atoms with van der Waals surface area (Å²) < 4.78 is 0. The number of benzene rings is 2. The van der Waals surface area contributed by atoms with Crippen molar-refractivity contribution < 1.29 is 0 Å². The van der Waals surface area contributed by atoms with Crippen molar-refractivity contribution in [1.82, 2.24) is 30.2 Å². The number of aryl methyl sites for hydroxylation is 2. The van der Waals surface area contributed by atoms with Gasteiger partial charge in [-0.1, -0.05) is 48.5 Å². The molecule has 0 spiro atoms. The van der Waals surface area contributed by atoms with Gasteiger partial charge in [0.15, 0.2) is 0 Å². The van der Waals surface area contributed by atoms with Crippen LogP contribution in [-0.4, -0.2) is 24.8 Å². The van der Waals surface area contributed by atoms with E-state index in [0.29, 0.717) is 0 Å². The molecular formula is C32H35BrN6. The number of hydrogen-bond donors (Lipinski definition) is 2. The van der Waals surface area contributed by atoms with Crippen LogP contribution in [0, 0.1) is 6.92 Å². The van der Waals surface area contributed by atoms with Crippen molar-refractivity contribution in [3.63, 3.8) is 0 Å². The van der Waals surface area contributed by atoms with Gasteiger partial charge in [0.2, 0.25) is 0 Å². The summed E-state index contributed by atoms with van der Waals surface area (Å²) in [4.78, 5) is 20.3. The lowest BCUT2D eigenvalue weighted by molar-refractivity contribution is 0.153. The van der Waals surface area contributed by atoms with Gasteiger partial charge in [0.1, 0.15) is 5.82 Å². The number of halogens is 1. The van der Waals surface area contributed by atoms with Crippen molar-refractivity contribution in [3.05, 3.63) is 125 Å². The topological polar surface area (TPSA) is 69.7 Å². The van der Waals surface area contributed by atoms with E-state index in [4.69, 9.17) is 9.97 Å². The monoisotopic (exact) mass is 582 g/mol. The summed E-state index contributed by atoms with van der Waals surface area (Å²) in [6, 6.07) is 25.9. The maximum Gasteiger partial charge on any atom is 0.121 e. The molecule has 2 N–H and O–H groups in total. The molecule has 0 bridgehead atoms. The Morgan fingerprint density at radius 2 is 1.72 bits per heavy atom. The van der Waals surface area contributed by atoms with Gasteiger partial charge in [0, 0.05) is 32.0 Å². The quantitative estimate of drug-likeness (QED) is 0.205. The molecule has 6 nitrogen and oxygen atoms in total. The number of fused-ring (bicyclic) bond motifs is 2. The Morgan fingerprint density at radius 3 is 2.54 bits per heavy atom. The number of aromatic nitrogens is 4. The van der Waals surface area contributed by atoms with Gasteiger partial charge >= 0.3 is 0 Å². The number of para-hydroxylation sites is 1. The summed E-state index contributed by atoms with van der Waals surface area (Å²) >= 11 is 0. The van der Waals surface area contributed by atoms with E-state index in [0.717, 1.165) is 61.6 Å². The van der Waals surface area contributed by atoms with Crippen LogP contribution in [0.25, 0.3) is 11.0 Å². The number of imidazole rings is 1. The van der Waals surface area contributed by atoms with Gasteiger partial charge in [-0.15, -0.1) is 17.0 Å². The van der Waals surface area contributed by atoms with Crippen LogP contribution in [-0.2, 0) is 32.6 Å². The molecule has 1 aliphatic carbocycles. The first kappa shape index (κ1) is 27.2. The number of nitrogens with one attached hydrogen (secondary N) is 2. The molecule has 5 aromatic rings. The van der Waals surface area contributed by atoms with Gasteiger partial charge in [-0.05, 0) is 72.7 Å². The average Bonchev–Trinajstić information content (AvgIpc) is 3.38. The molecule has 7 heteroatoms. The second-order valence-corrected chi connectivity index (χ2v) is 10.3. The van der Waals surface area contributed by atoms with Crippen LogP contribution < -0.4 is 5.32 Å². The Balaban J connectivity index is 0.00000308. The van der Waals surface area contributed by atoms with E-state index >= 15 is 0 Å². The maximum atomic E-state index is 4.99. The number of pyridine rings is 2. The molecule has 0 radical (unpaired) electrons. The Labute approximate surface area is 240 Å². The van der Waals surface area contributed by atoms with Gasteiger partial charge in [-0.25, -0.2) is 4.98 Å². The lowest BCUT2D eigenvalue weighted by atomic mass is 9.90. The first-order chi connectivity index (χ1) is 18.7. The van der Waals surface area contributed by atoms with Crippen LogP contribution in [0.15, 0.2) is 85.2 Å². The van der Waals surface area contributed by atoms with Crippen molar-refractivity contribution in [3.8, 4) is 0 Å². The van der Waals surface area contributed by atoms with Gasteiger partial charge in [0.05, 0.1) is 35.0 Å². The molecule has 1 aliphatic rings. The molecule has 3 aromatic heterocycles. The highest BCUT2D eigenvalue weighted by molar-refractivity contribution is 8.93. The van der Waals surface area contributed by atoms with Crippen LogP contribution in [0.5, 0.6) is 0 Å². The van der Waals surface area contributed by atoms with Crippen LogP contribution in [0.2, 0.25) is 0 Å². The minimum atomic E-state index is 0. The van der Waals surface area contributed by atoms with E-state index in [2.05, 4.69) is 81.7 Å². The van der Waals surface area contributed by atoms with Crippen molar-refractivity contribution in [2.24, 2.45) is 0 Å². The number of aromatic amines is 1. The Bertz CT molecular complexity index is 1500. The Hall–Kier alpha value is -3.39. The van der Waals surface area contributed by atoms with E-state index in [1.807, 2.05) is 30.6 Å². The molecule has 0 amide bonds. The van der Waals surface area contributed by atoms with E-state index < -0.39 is 0 Å². The van der Waals surface area contributed by atoms with Crippen molar-refractivity contribution >= 4 is 28.0 Å². The predicted molar refractivity (Wildman–Crippen MR) is 162 cm³/mol. The number of H-pyrrole nitrogens is 1. The Kier molecular flexibility index (Phi) is 8.81. The molecule has 0 saturated carbocycles. The molecule has 1 unspecified atom stereocenters. The summed E-state index contributed by atoms with van der Waals surface area (Å²) in [5.41, 5.74) is 9.60. The molecule has 6 rings (SSSR count). The zero-order chi connectivity index (χ0) is 25.7. The summed E-state index contributed by atoms with van der Waals surface area (Å²) in [7, 11) is 0. The van der Waals surface area contributed by atoms with Gasteiger partial charge in [0.25, 0.3) is 0 Å². The first-order valence-electron chi connectivity index (χ1n) is 13.5. The fraction of sp³-hybridized carbons (Fsp3) is 0.281. The highest BCUT2D eigenvalue weighted by Crippen LogP contribution is 2.34. The maximum absolute atomic E-state index is 4.99.